The maximum atomic E-state index is 13.4. The van der Waals surface area contributed by atoms with Gasteiger partial charge < -0.3 is 23.9 Å². The van der Waals surface area contributed by atoms with Crippen molar-refractivity contribution in [3.8, 4) is 28.6 Å². The summed E-state index contributed by atoms with van der Waals surface area (Å²) in [5.74, 6) is 0.670. The van der Waals surface area contributed by atoms with Crippen LogP contribution in [0.4, 0.5) is 36.4 Å². The van der Waals surface area contributed by atoms with Gasteiger partial charge in [0.15, 0.2) is 6.10 Å². The normalized spacial score (nSPS) is 12.8. The van der Waals surface area contributed by atoms with Crippen molar-refractivity contribution in [2.45, 2.75) is 31.4 Å². The van der Waals surface area contributed by atoms with E-state index in [-0.39, 0.29) is 23.5 Å². The van der Waals surface area contributed by atoms with Crippen LogP contribution in [0.25, 0.3) is 11.3 Å². The van der Waals surface area contributed by atoms with Crippen LogP contribution in [0.1, 0.15) is 5.56 Å². The summed E-state index contributed by atoms with van der Waals surface area (Å²) in [4.78, 5) is 1.15. The lowest BCUT2D eigenvalue weighted by Gasteiger charge is -2.29. The van der Waals surface area contributed by atoms with Gasteiger partial charge in [-0.3, -0.25) is 0 Å². The molecule has 40 heavy (non-hydrogen) atoms. The summed E-state index contributed by atoms with van der Waals surface area (Å²) in [6.07, 6.45) is -15.0. The van der Waals surface area contributed by atoms with Crippen molar-refractivity contribution in [1.82, 2.24) is 0 Å². The molecule has 0 unspecified atom stereocenters. The van der Waals surface area contributed by atoms with Gasteiger partial charge in [0.05, 0.1) is 12.8 Å². The fourth-order valence-electron chi connectivity index (χ4n) is 3.74. The second-order valence-corrected chi connectivity index (χ2v) is 8.65. The Morgan fingerprint density at radius 1 is 0.800 bits per heavy atom. The number of hydrogen-bond acceptors (Lipinski definition) is 5. The minimum atomic E-state index is -4.94. The number of ether oxygens (including phenoxy) is 2. The van der Waals surface area contributed by atoms with Crippen LogP contribution < -0.4 is 14.4 Å². The number of rotatable bonds is 11. The van der Waals surface area contributed by atoms with Gasteiger partial charge in [-0.2, -0.15) is 30.7 Å². The Morgan fingerprint density at radius 3 is 2.15 bits per heavy atom. The van der Waals surface area contributed by atoms with Gasteiger partial charge in [-0.05, 0) is 54.1 Å². The zero-order valence-electron chi connectivity index (χ0n) is 20.5. The van der Waals surface area contributed by atoms with Crippen molar-refractivity contribution in [2.75, 3.05) is 11.4 Å². The Balaban J connectivity index is 1.59. The van der Waals surface area contributed by atoms with E-state index < -0.39 is 37.1 Å². The maximum Gasteiger partial charge on any atom is 0.461 e. The molecule has 0 aliphatic heterocycles. The molecule has 212 valence electrons. The number of hydrogen-bond donors (Lipinski definition) is 1. The largest absolute Gasteiger partial charge is 0.464 e. The first-order valence-electron chi connectivity index (χ1n) is 11.8. The molecule has 3 aromatic carbocycles. The van der Waals surface area contributed by atoms with Crippen LogP contribution in [-0.4, -0.2) is 36.5 Å². The average molecular weight is 569 g/mol. The molecule has 0 fully saturated rings. The summed E-state index contributed by atoms with van der Waals surface area (Å²) in [5.41, 5.74) is 1.09. The third-order valence-electron chi connectivity index (χ3n) is 5.61. The Labute approximate surface area is 224 Å². The molecule has 0 saturated carbocycles. The van der Waals surface area contributed by atoms with Crippen LogP contribution in [0.3, 0.4) is 0 Å². The molecule has 0 saturated heterocycles. The van der Waals surface area contributed by atoms with Crippen molar-refractivity contribution in [3.63, 3.8) is 0 Å². The number of anilines is 1. The average Bonchev–Trinajstić information content (AvgIpc) is 3.43. The second-order valence-electron chi connectivity index (χ2n) is 8.65. The molecule has 4 aromatic rings. The highest BCUT2D eigenvalue weighted by atomic mass is 19.4. The third-order valence-corrected chi connectivity index (χ3v) is 5.61. The molecule has 5 nitrogen and oxygen atoms in total. The lowest BCUT2D eigenvalue weighted by molar-refractivity contribution is -0.253. The summed E-state index contributed by atoms with van der Waals surface area (Å²) in [7, 11) is 0. The zero-order chi connectivity index (χ0) is 28.9. The van der Waals surface area contributed by atoms with Crippen molar-refractivity contribution in [3.05, 3.63) is 96.8 Å². The van der Waals surface area contributed by atoms with Crippen LogP contribution in [0.2, 0.25) is 0 Å². The van der Waals surface area contributed by atoms with E-state index in [1.165, 1.54) is 36.6 Å². The number of aliphatic hydroxyl groups is 1. The molecule has 1 heterocycles. The van der Waals surface area contributed by atoms with E-state index in [9.17, 15) is 35.8 Å². The van der Waals surface area contributed by atoms with Gasteiger partial charge in [0.25, 0.3) is 0 Å². The zero-order valence-corrected chi connectivity index (χ0v) is 20.5. The molecule has 0 aliphatic carbocycles. The first kappa shape index (κ1) is 28.8. The Bertz CT molecular complexity index is 1390. The van der Waals surface area contributed by atoms with Crippen LogP contribution in [0.5, 0.6) is 17.2 Å². The standard InChI is InChI=1S/C28H22F7NO4/c29-26(30)28(34,35)40-23-10-1-5-18(13-23)16-36(17-25(37)27(31,32)33)20-7-3-9-22(15-20)39-21-8-2-6-19(14-21)24-11-4-12-38-24/h1-15,25-26,37H,16-17H2/t25-/m1/s1. The minimum Gasteiger partial charge on any atom is -0.464 e. The van der Waals surface area contributed by atoms with Gasteiger partial charge >= 0.3 is 18.7 Å². The summed E-state index contributed by atoms with van der Waals surface area (Å²) in [6.45, 7) is -1.23. The molecular weight excluding hydrogens is 547 g/mol. The lowest BCUT2D eigenvalue weighted by Crippen LogP contribution is -2.40. The Hall–Kier alpha value is -4.19. The summed E-state index contributed by atoms with van der Waals surface area (Å²) in [5, 5.41) is 9.78. The van der Waals surface area contributed by atoms with Gasteiger partial charge in [-0.1, -0.05) is 30.3 Å². The fourth-order valence-corrected chi connectivity index (χ4v) is 3.74. The molecule has 4 rings (SSSR count). The first-order chi connectivity index (χ1) is 18.9. The van der Waals surface area contributed by atoms with E-state index in [0.717, 1.165) is 22.6 Å². The number of alkyl halides is 7. The van der Waals surface area contributed by atoms with E-state index in [4.69, 9.17) is 9.15 Å². The molecular formula is C28H22F7NO4. The second kappa shape index (κ2) is 11.9. The predicted molar refractivity (Wildman–Crippen MR) is 132 cm³/mol. The SMILES string of the molecule is O[C@H](CN(Cc1cccc(OC(F)(F)C(F)F)c1)c1cccc(Oc2cccc(-c3ccco3)c2)c1)C(F)(F)F. The van der Waals surface area contributed by atoms with E-state index in [0.29, 0.717) is 11.5 Å². The Morgan fingerprint density at radius 2 is 1.48 bits per heavy atom. The number of nitrogens with zero attached hydrogens (tertiary/aromatic N) is 1. The smallest absolute Gasteiger partial charge is 0.461 e. The highest BCUT2D eigenvalue weighted by Gasteiger charge is 2.44. The molecule has 0 spiro atoms. The molecule has 0 amide bonds. The van der Waals surface area contributed by atoms with E-state index >= 15 is 0 Å². The Kier molecular flexibility index (Phi) is 8.58. The first-order valence-corrected chi connectivity index (χ1v) is 11.8. The summed E-state index contributed by atoms with van der Waals surface area (Å²) in [6, 6.07) is 21.0. The quantitative estimate of drug-likeness (QED) is 0.186. The fraction of sp³-hybridized carbons (Fsp3) is 0.214. The highest BCUT2D eigenvalue weighted by molar-refractivity contribution is 5.60. The van der Waals surface area contributed by atoms with E-state index in [1.807, 2.05) is 0 Å². The minimum absolute atomic E-state index is 0.161. The van der Waals surface area contributed by atoms with E-state index in [1.54, 1.807) is 42.5 Å². The molecule has 0 bridgehead atoms. The maximum absolute atomic E-state index is 13.4. The molecule has 1 aromatic heterocycles. The lowest BCUT2D eigenvalue weighted by atomic mass is 10.1. The van der Waals surface area contributed by atoms with Crippen molar-refractivity contribution in [2.24, 2.45) is 0 Å². The predicted octanol–water partition coefficient (Wildman–Crippen LogP) is 7.91. The van der Waals surface area contributed by atoms with Crippen LogP contribution in [0, 0.1) is 0 Å². The monoisotopic (exact) mass is 569 g/mol. The number of furan rings is 1. The molecule has 1 N–H and O–H groups in total. The highest BCUT2D eigenvalue weighted by Crippen LogP contribution is 2.32. The van der Waals surface area contributed by atoms with Gasteiger partial charge in [-0.25, -0.2) is 0 Å². The van der Waals surface area contributed by atoms with Crippen molar-refractivity contribution >= 4 is 5.69 Å². The van der Waals surface area contributed by atoms with Crippen LogP contribution in [0.15, 0.2) is 95.6 Å². The molecule has 12 heteroatoms. The van der Waals surface area contributed by atoms with Crippen LogP contribution >= 0.6 is 0 Å². The number of halogens is 7. The van der Waals surface area contributed by atoms with Crippen molar-refractivity contribution < 1.29 is 49.7 Å². The van der Waals surface area contributed by atoms with Crippen LogP contribution in [-0.2, 0) is 6.54 Å². The van der Waals surface area contributed by atoms with Gasteiger partial charge in [0.2, 0.25) is 0 Å². The third kappa shape index (κ3) is 7.47. The summed E-state index contributed by atoms with van der Waals surface area (Å²) >= 11 is 0. The topological polar surface area (TPSA) is 55.1 Å². The summed E-state index contributed by atoms with van der Waals surface area (Å²) < 4.78 is 107. The van der Waals surface area contributed by atoms with Gasteiger partial charge in [0, 0.05) is 23.9 Å². The molecule has 0 aliphatic rings. The van der Waals surface area contributed by atoms with E-state index in [2.05, 4.69) is 4.74 Å². The molecule has 1 atom stereocenters. The van der Waals surface area contributed by atoms with Gasteiger partial charge in [-0.15, -0.1) is 0 Å². The number of aliphatic hydroxyl groups excluding tert-OH is 1. The number of benzene rings is 3. The molecule has 0 radical (unpaired) electrons. The van der Waals surface area contributed by atoms with Crippen molar-refractivity contribution in [1.29, 1.82) is 0 Å². The van der Waals surface area contributed by atoms with Gasteiger partial charge in [0.1, 0.15) is 23.0 Å².